The van der Waals surface area contributed by atoms with Crippen molar-refractivity contribution in [2.75, 3.05) is 19.0 Å². The fraction of sp³-hybridized carbons (Fsp3) is 0.538. The number of amides is 1. The van der Waals surface area contributed by atoms with Gasteiger partial charge in [-0.2, -0.15) is 0 Å². The van der Waals surface area contributed by atoms with Crippen molar-refractivity contribution >= 4 is 11.6 Å². The number of hydrogen-bond acceptors (Lipinski definition) is 4. The number of anilines is 1. The standard InChI is InChI=1S/C13H19N3O2/c1-3-13(7-4-8-15-13)12(17)16-10-5-6-11(18-2)14-9-10/h5-6,9,15H,3-4,7-8H2,1-2H3,(H,16,17). The first-order chi connectivity index (χ1) is 8.70. The monoisotopic (exact) mass is 249 g/mol. The largest absolute Gasteiger partial charge is 0.481 e. The van der Waals surface area contributed by atoms with Gasteiger partial charge in [-0.05, 0) is 31.9 Å². The molecule has 0 radical (unpaired) electrons. The second kappa shape index (κ2) is 5.35. The summed E-state index contributed by atoms with van der Waals surface area (Å²) in [6.07, 6.45) is 4.33. The third kappa shape index (κ3) is 2.46. The van der Waals surface area contributed by atoms with E-state index in [9.17, 15) is 4.79 Å². The molecule has 0 bridgehead atoms. The molecule has 0 aromatic carbocycles. The van der Waals surface area contributed by atoms with Crippen LogP contribution in [0.5, 0.6) is 5.88 Å². The van der Waals surface area contributed by atoms with E-state index in [1.54, 1.807) is 25.4 Å². The number of ether oxygens (including phenoxy) is 1. The minimum atomic E-state index is -0.417. The summed E-state index contributed by atoms with van der Waals surface area (Å²) in [5.41, 5.74) is 0.280. The number of nitrogens with zero attached hydrogens (tertiary/aromatic N) is 1. The van der Waals surface area contributed by atoms with Crippen molar-refractivity contribution < 1.29 is 9.53 Å². The third-order valence-corrected chi connectivity index (χ3v) is 3.49. The fourth-order valence-electron chi connectivity index (χ4n) is 2.29. The summed E-state index contributed by atoms with van der Waals surface area (Å²) >= 11 is 0. The van der Waals surface area contributed by atoms with E-state index in [1.807, 2.05) is 6.92 Å². The molecule has 1 aliphatic heterocycles. The Morgan fingerprint density at radius 1 is 1.61 bits per heavy atom. The Kier molecular flexibility index (Phi) is 3.81. The van der Waals surface area contributed by atoms with Gasteiger partial charge in [0.15, 0.2) is 0 Å². The maximum absolute atomic E-state index is 12.3. The van der Waals surface area contributed by atoms with E-state index in [-0.39, 0.29) is 5.91 Å². The van der Waals surface area contributed by atoms with E-state index in [0.717, 1.165) is 25.8 Å². The van der Waals surface area contributed by atoms with Crippen LogP contribution in [0.3, 0.4) is 0 Å². The van der Waals surface area contributed by atoms with Crippen LogP contribution in [0.2, 0.25) is 0 Å². The van der Waals surface area contributed by atoms with E-state index in [4.69, 9.17) is 4.74 Å². The van der Waals surface area contributed by atoms with E-state index in [2.05, 4.69) is 15.6 Å². The number of rotatable bonds is 4. The Balaban J connectivity index is 2.05. The molecule has 1 aromatic heterocycles. The molecule has 0 spiro atoms. The summed E-state index contributed by atoms with van der Waals surface area (Å²) in [5, 5.41) is 6.21. The van der Waals surface area contributed by atoms with Crippen LogP contribution in [-0.4, -0.2) is 30.1 Å². The highest BCUT2D eigenvalue weighted by Crippen LogP contribution is 2.25. The Bertz CT molecular complexity index is 411. The van der Waals surface area contributed by atoms with Crippen molar-refractivity contribution in [1.82, 2.24) is 10.3 Å². The van der Waals surface area contributed by atoms with E-state index in [1.165, 1.54) is 0 Å². The minimum Gasteiger partial charge on any atom is -0.481 e. The van der Waals surface area contributed by atoms with Gasteiger partial charge in [-0.25, -0.2) is 4.98 Å². The summed E-state index contributed by atoms with van der Waals surface area (Å²) in [5.74, 6) is 0.562. The van der Waals surface area contributed by atoms with E-state index in [0.29, 0.717) is 11.6 Å². The zero-order chi connectivity index (χ0) is 13.0. The molecule has 5 heteroatoms. The van der Waals surface area contributed by atoms with Crippen LogP contribution in [0.4, 0.5) is 5.69 Å². The number of methoxy groups -OCH3 is 1. The SMILES string of the molecule is CCC1(C(=O)Nc2ccc(OC)nc2)CCCN1. The number of aromatic nitrogens is 1. The van der Waals surface area contributed by atoms with Crippen LogP contribution < -0.4 is 15.4 Å². The second-order valence-corrected chi connectivity index (χ2v) is 4.51. The van der Waals surface area contributed by atoms with Crippen LogP contribution >= 0.6 is 0 Å². The molecule has 0 saturated carbocycles. The lowest BCUT2D eigenvalue weighted by Gasteiger charge is -2.26. The van der Waals surface area contributed by atoms with Crippen molar-refractivity contribution in [2.24, 2.45) is 0 Å². The van der Waals surface area contributed by atoms with Gasteiger partial charge in [0.2, 0.25) is 11.8 Å². The Labute approximate surface area is 107 Å². The van der Waals surface area contributed by atoms with Crippen LogP contribution in [-0.2, 0) is 4.79 Å². The van der Waals surface area contributed by atoms with Crippen LogP contribution in [0.1, 0.15) is 26.2 Å². The molecule has 1 amide bonds. The molecule has 2 N–H and O–H groups in total. The first-order valence-electron chi connectivity index (χ1n) is 6.27. The average Bonchev–Trinajstić information content (AvgIpc) is 2.89. The molecule has 18 heavy (non-hydrogen) atoms. The molecule has 1 fully saturated rings. The predicted octanol–water partition coefficient (Wildman–Crippen LogP) is 1.56. The van der Waals surface area contributed by atoms with Gasteiger partial charge in [0.1, 0.15) is 0 Å². The van der Waals surface area contributed by atoms with Crippen molar-refractivity contribution in [2.45, 2.75) is 31.7 Å². The summed E-state index contributed by atoms with van der Waals surface area (Å²) in [6, 6.07) is 3.53. The molecule has 1 unspecified atom stereocenters. The van der Waals surface area contributed by atoms with Gasteiger partial charge in [-0.15, -0.1) is 0 Å². The summed E-state index contributed by atoms with van der Waals surface area (Å²) in [4.78, 5) is 16.4. The molecule has 1 aliphatic rings. The normalized spacial score (nSPS) is 22.8. The molecule has 1 saturated heterocycles. The Morgan fingerprint density at radius 3 is 2.94 bits per heavy atom. The predicted molar refractivity (Wildman–Crippen MR) is 69.7 cm³/mol. The number of carbonyl (C=O) groups is 1. The van der Waals surface area contributed by atoms with Crippen LogP contribution in [0.25, 0.3) is 0 Å². The molecule has 98 valence electrons. The van der Waals surface area contributed by atoms with Crippen molar-refractivity contribution in [3.63, 3.8) is 0 Å². The van der Waals surface area contributed by atoms with Crippen LogP contribution in [0.15, 0.2) is 18.3 Å². The molecule has 1 aromatic rings. The summed E-state index contributed by atoms with van der Waals surface area (Å²) in [7, 11) is 1.56. The van der Waals surface area contributed by atoms with Crippen molar-refractivity contribution in [3.8, 4) is 5.88 Å². The minimum absolute atomic E-state index is 0.0227. The van der Waals surface area contributed by atoms with Gasteiger partial charge in [0.05, 0.1) is 24.5 Å². The molecule has 2 rings (SSSR count). The number of carbonyl (C=O) groups excluding carboxylic acids is 1. The highest BCUT2D eigenvalue weighted by molar-refractivity contribution is 5.98. The topological polar surface area (TPSA) is 63.2 Å². The highest BCUT2D eigenvalue weighted by Gasteiger charge is 2.39. The van der Waals surface area contributed by atoms with E-state index >= 15 is 0 Å². The maximum atomic E-state index is 12.3. The van der Waals surface area contributed by atoms with Gasteiger partial charge in [-0.1, -0.05) is 6.92 Å². The second-order valence-electron chi connectivity index (χ2n) is 4.51. The Hall–Kier alpha value is -1.62. The number of nitrogens with one attached hydrogen (secondary N) is 2. The lowest BCUT2D eigenvalue weighted by Crippen LogP contribution is -2.50. The summed E-state index contributed by atoms with van der Waals surface area (Å²) in [6.45, 7) is 2.94. The molecule has 2 heterocycles. The maximum Gasteiger partial charge on any atom is 0.244 e. The van der Waals surface area contributed by atoms with Gasteiger partial charge in [0, 0.05) is 6.07 Å². The Morgan fingerprint density at radius 2 is 2.44 bits per heavy atom. The van der Waals surface area contributed by atoms with Crippen LogP contribution in [0, 0.1) is 0 Å². The van der Waals surface area contributed by atoms with Gasteiger partial charge >= 0.3 is 0 Å². The smallest absolute Gasteiger partial charge is 0.244 e. The average molecular weight is 249 g/mol. The molecule has 0 aliphatic carbocycles. The lowest BCUT2D eigenvalue weighted by molar-refractivity contribution is -0.122. The fourth-order valence-corrected chi connectivity index (χ4v) is 2.29. The number of pyridine rings is 1. The van der Waals surface area contributed by atoms with E-state index < -0.39 is 5.54 Å². The first kappa shape index (κ1) is 12.8. The molecular formula is C13H19N3O2. The van der Waals surface area contributed by atoms with Gasteiger partial charge in [0.25, 0.3) is 0 Å². The zero-order valence-corrected chi connectivity index (χ0v) is 10.8. The zero-order valence-electron chi connectivity index (χ0n) is 10.8. The van der Waals surface area contributed by atoms with Gasteiger partial charge in [-0.3, -0.25) is 4.79 Å². The molecule has 1 atom stereocenters. The quantitative estimate of drug-likeness (QED) is 0.850. The lowest BCUT2D eigenvalue weighted by atomic mass is 9.93. The van der Waals surface area contributed by atoms with Crippen molar-refractivity contribution in [3.05, 3.63) is 18.3 Å². The van der Waals surface area contributed by atoms with Crippen molar-refractivity contribution in [1.29, 1.82) is 0 Å². The number of hydrogen-bond donors (Lipinski definition) is 2. The van der Waals surface area contributed by atoms with Gasteiger partial charge < -0.3 is 15.4 Å². The molecular weight excluding hydrogens is 230 g/mol. The highest BCUT2D eigenvalue weighted by atomic mass is 16.5. The molecule has 5 nitrogen and oxygen atoms in total. The third-order valence-electron chi connectivity index (χ3n) is 3.49. The summed E-state index contributed by atoms with van der Waals surface area (Å²) < 4.78 is 4.98. The first-order valence-corrected chi connectivity index (χ1v) is 6.27.